The van der Waals surface area contributed by atoms with Gasteiger partial charge in [-0.05, 0) is 19.9 Å². The number of ketones is 1. The minimum absolute atomic E-state index is 0.135. The van der Waals surface area contributed by atoms with E-state index in [1.54, 1.807) is 19.3 Å². The Kier molecular flexibility index (Phi) is 5.11. The zero-order valence-electron chi connectivity index (χ0n) is 9.32. The molecular formula is C11H14O4S. The van der Waals surface area contributed by atoms with Crippen LogP contribution < -0.4 is 0 Å². The molecule has 0 bridgehead atoms. The summed E-state index contributed by atoms with van der Waals surface area (Å²) in [6.07, 6.45) is 1.42. The van der Waals surface area contributed by atoms with Crippen LogP contribution in [0.1, 0.15) is 19.1 Å². The van der Waals surface area contributed by atoms with Gasteiger partial charge in [0.15, 0.2) is 5.78 Å². The summed E-state index contributed by atoms with van der Waals surface area (Å²) < 4.78 is 9.78. The first-order valence-electron chi connectivity index (χ1n) is 4.97. The van der Waals surface area contributed by atoms with Gasteiger partial charge in [-0.2, -0.15) is 0 Å². The summed E-state index contributed by atoms with van der Waals surface area (Å²) in [5.41, 5.74) is 0. The van der Waals surface area contributed by atoms with E-state index in [1.165, 1.54) is 11.8 Å². The van der Waals surface area contributed by atoms with Crippen molar-refractivity contribution < 1.29 is 18.7 Å². The van der Waals surface area contributed by atoms with Gasteiger partial charge in [-0.3, -0.25) is 9.59 Å². The Morgan fingerprint density at radius 2 is 2.25 bits per heavy atom. The third-order valence-corrected chi connectivity index (χ3v) is 3.05. The number of hydrogen-bond acceptors (Lipinski definition) is 5. The average Bonchev–Trinajstić information content (AvgIpc) is 2.61. The second-order valence-corrected chi connectivity index (χ2v) is 4.17. The number of hydrogen-bond donors (Lipinski definition) is 0. The van der Waals surface area contributed by atoms with Crippen molar-refractivity contribution in [3.8, 4) is 0 Å². The molecule has 16 heavy (non-hydrogen) atoms. The van der Waals surface area contributed by atoms with E-state index in [9.17, 15) is 9.59 Å². The molecule has 1 aromatic rings. The molecule has 0 N–H and O–H groups in total. The third kappa shape index (κ3) is 4.10. The molecule has 0 unspecified atom stereocenters. The summed E-state index contributed by atoms with van der Waals surface area (Å²) >= 11 is 1.37. The van der Waals surface area contributed by atoms with E-state index in [-0.39, 0.29) is 18.0 Å². The maximum absolute atomic E-state index is 11.4. The van der Waals surface area contributed by atoms with Crippen LogP contribution in [0.5, 0.6) is 0 Å². The predicted molar refractivity (Wildman–Crippen MR) is 60.4 cm³/mol. The number of carbonyl (C=O) groups excluding carboxylic acids is 2. The number of Topliss-reactive ketones (excluding diaryl/α,β-unsaturated/α-hetero) is 1. The van der Waals surface area contributed by atoms with Gasteiger partial charge in [0.2, 0.25) is 0 Å². The molecule has 0 spiro atoms. The SMILES string of the molecule is CCOC(=O)CC(=O)CSc1ccoc1C. The molecule has 0 aliphatic heterocycles. The standard InChI is InChI=1S/C11H14O4S/c1-3-14-11(13)6-9(12)7-16-10-4-5-15-8(10)2/h4-5H,3,6-7H2,1-2H3. The highest BCUT2D eigenvalue weighted by Gasteiger charge is 2.11. The van der Waals surface area contributed by atoms with Gasteiger partial charge in [0.1, 0.15) is 12.2 Å². The molecule has 0 fully saturated rings. The van der Waals surface area contributed by atoms with E-state index in [2.05, 4.69) is 4.74 Å². The number of furan rings is 1. The number of thioether (sulfide) groups is 1. The molecular weight excluding hydrogens is 228 g/mol. The molecule has 0 saturated heterocycles. The van der Waals surface area contributed by atoms with Crippen LogP contribution >= 0.6 is 11.8 Å². The normalized spacial score (nSPS) is 10.1. The monoisotopic (exact) mass is 242 g/mol. The first kappa shape index (κ1) is 12.8. The fraction of sp³-hybridized carbons (Fsp3) is 0.455. The van der Waals surface area contributed by atoms with Gasteiger partial charge < -0.3 is 9.15 Å². The van der Waals surface area contributed by atoms with Crippen LogP contribution in [0.15, 0.2) is 21.6 Å². The Balaban J connectivity index is 2.31. The van der Waals surface area contributed by atoms with Crippen LogP contribution in [0.3, 0.4) is 0 Å². The molecule has 88 valence electrons. The summed E-state index contributed by atoms with van der Waals surface area (Å²) in [6.45, 7) is 3.85. The van der Waals surface area contributed by atoms with Crippen LogP contribution in [0.4, 0.5) is 0 Å². The van der Waals surface area contributed by atoms with Gasteiger partial charge in [0.05, 0.1) is 18.6 Å². The largest absolute Gasteiger partial charge is 0.468 e. The summed E-state index contributed by atoms with van der Waals surface area (Å²) in [4.78, 5) is 23.3. The van der Waals surface area contributed by atoms with Crippen LogP contribution in [-0.2, 0) is 14.3 Å². The van der Waals surface area contributed by atoms with E-state index in [0.29, 0.717) is 6.61 Å². The molecule has 5 heteroatoms. The van der Waals surface area contributed by atoms with Gasteiger partial charge in [-0.15, -0.1) is 11.8 Å². The van der Waals surface area contributed by atoms with E-state index < -0.39 is 5.97 Å². The van der Waals surface area contributed by atoms with Crippen LogP contribution in [0.2, 0.25) is 0 Å². The smallest absolute Gasteiger partial charge is 0.313 e. The molecule has 0 aromatic carbocycles. The molecule has 0 saturated carbocycles. The summed E-state index contributed by atoms with van der Waals surface area (Å²) in [6, 6.07) is 1.80. The highest BCUT2D eigenvalue weighted by atomic mass is 32.2. The minimum Gasteiger partial charge on any atom is -0.468 e. The third-order valence-electron chi connectivity index (χ3n) is 1.85. The molecule has 0 radical (unpaired) electrons. The number of rotatable bonds is 6. The topological polar surface area (TPSA) is 56.5 Å². The van der Waals surface area contributed by atoms with E-state index in [0.717, 1.165) is 10.7 Å². The molecule has 0 amide bonds. The van der Waals surface area contributed by atoms with Crippen molar-refractivity contribution in [2.45, 2.75) is 25.2 Å². The van der Waals surface area contributed by atoms with Crippen molar-refractivity contribution in [1.29, 1.82) is 0 Å². The van der Waals surface area contributed by atoms with Gasteiger partial charge in [-0.1, -0.05) is 0 Å². The van der Waals surface area contributed by atoms with Gasteiger partial charge >= 0.3 is 5.97 Å². The molecule has 1 aromatic heterocycles. The van der Waals surface area contributed by atoms with Crippen molar-refractivity contribution in [2.24, 2.45) is 0 Å². The lowest BCUT2D eigenvalue weighted by Crippen LogP contribution is -2.12. The van der Waals surface area contributed by atoms with Crippen molar-refractivity contribution in [3.63, 3.8) is 0 Å². The van der Waals surface area contributed by atoms with Crippen molar-refractivity contribution in [2.75, 3.05) is 12.4 Å². The molecule has 0 aliphatic rings. The van der Waals surface area contributed by atoms with Crippen LogP contribution in [-0.4, -0.2) is 24.1 Å². The van der Waals surface area contributed by atoms with Crippen LogP contribution in [0, 0.1) is 6.92 Å². The minimum atomic E-state index is -0.461. The van der Waals surface area contributed by atoms with E-state index in [1.807, 2.05) is 6.92 Å². The fourth-order valence-corrected chi connectivity index (χ4v) is 1.93. The van der Waals surface area contributed by atoms with Crippen molar-refractivity contribution in [3.05, 3.63) is 18.1 Å². The highest BCUT2D eigenvalue weighted by molar-refractivity contribution is 8.00. The zero-order chi connectivity index (χ0) is 12.0. The summed E-state index contributed by atoms with van der Waals surface area (Å²) in [5.74, 6) is 0.453. The Labute approximate surface area is 98.3 Å². The first-order valence-corrected chi connectivity index (χ1v) is 5.96. The van der Waals surface area contributed by atoms with Gasteiger partial charge in [0, 0.05) is 4.90 Å². The Morgan fingerprint density at radius 3 is 2.81 bits per heavy atom. The zero-order valence-corrected chi connectivity index (χ0v) is 10.1. The highest BCUT2D eigenvalue weighted by Crippen LogP contribution is 2.23. The van der Waals surface area contributed by atoms with E-state index in [4.69, 9.17) is 4.42 Å². The lowest BCUT2D eigenvalue weighted by atomic mass is 10.3. The van der Waals surface area contributed by atoms with Gasteiger partial charge in [-0.25, -0.2) is 0 Å². The Hall–Kier alpha value is -1.23. The number of carbonyl (C=O) groups is 2. The predicted octanol–water partition coefficient (Wildman–Crippen LogP) is 2.20. The lowest BCUT2D eigenvalue weighted by Gasteiger charge is -2.01. The number of esters is 1. The Bertz CT molecular complexity index is 370. The quantitative estimate of drug-likeness (QED) is 0.435. The van der Waals surface area contributed by atoms with Crippen LogP contribution in [0.25, 0.3) is 0 Å². The van der Waals surface area contributed by atoms with Gasteiger partial charge in [0.25, 0.3) is 0 Å². The first-order chi connectivity index (χ1) is 7.63. The Morgan fingerprint density at radius 1 is 1.50 bits per heavy atom. The second kappa shape index (κ2) is 6.37. The lowest BCUT2D eigenvalue weighted by molar-refractivity contribution is -0.145. The molecule has 0 atom stereocenters. The fourth-order valence-electron chi connectivity index (χ4n) is 1.11. The molecule has 0 aliphatic carbocycles. The number of aryl methyl sites for hydroxylation is 1. The summed E-state index contributed by atoms with van der Waals surface area (Å²) in [5, 5.41) is 0. The second-order valence-electron chi connectivity index (χ2n) is 3.15. The maximum Gasteiger partial charge on any atom is 0.313 e. The number of ether oxygens (including phenoxy) is 1. The molecule has 1 heterocycles. The summed E-state index contributed by atoms with van der Waals surface area (Å²) in [7, 11) is 0. The average molecular weight is 242 g/mol. The van der Waals surface area contributed by atoms with Crippen molar-refractivity contribution >= 4 is 23.5 Å². The van der Waals surface area contributed by atoms with Crippen molar-refractivity contribution in [1.82, 2.24) is 0 Å². The maximum atomic E-state index is 11.4. The van der Waals surface area contributed by atoms with E-state index >= 15 is 0 Å². The molecule has 4 nitrogen and oxygen atoms in total. The molecule has 1 rings (SSSR count).